The van der Waals surface area contributed by atoms with Gasteiger partial charge in [-0.3, -0.25) is 0 Å². The summed E-state index contributed by atoms with van der Waals surface area (Å²) in [7, 11) is 1.12. The number of ether oxygens (including phenoxy) is 1. The number of halogens is 3. The molecule has 0 unspecified atom stereocenters. The third kappa shape index (κ3) is 2.68. The summed E-state index contributed by atoms with van der Waals surface area (Å²) in [5, 5.41) is 8.73. The van der Waals surface area contributed by atoms with Gasteiger partial charge >= 0.3 is 5.97 Å². The van der Waals surface area contributed by atoms with E-state index in [0.717, 1.165) is 13.2 Å². The van der Waals surface area contributed by atoms with E-state index in [0.29, 0.717) is 0 Å². The van der Waals surface area contributed by atoms with Gasteiger partial charge in [-0.2, -0.15) is 5.26 Å². The SMILES string of the molecule is COC(=O)c1cc(CCl)c(C(F)F)nc1C#N. The number of methoxy groups -OCH3 is 1. The van der Waals surface area contributed by atoms with Crippen molar-refractivity contribution in [3.63, 3.8) is 0 Å². The first-order valence-electron chi connectivity index (χ1n) is 4.41. The maximum atomic E-state index is 12.6. The van der Waals surface area contributed by atoms with Crippen molar-refractivity contribution < 1.29 is 18.3 Å². The molecule has 0 aliphatic rings. The summed E-state index contributed by atoms with van der Waals surface area (Å²) in [6, 6.07) is 2.67. The third-order valence-electron chi connectivity index (χ3n) is 2.00. The van der Waals surface area contributed by atoms with Crippen LogP contribution >= 0.6 is 11.6 Å². The van der Waals surface area contributed by atoms with Crippen molar-refractivity contribution in [3.8, 4) is 6.07 Å². The van der Waals surface area contributed by atoms with Crippen LogP contribution < -0.4 is 0 Å². The molecular weight excluding hydrogens is 254 g/mol. The zero-order chi connectivity index (χ0) is 13.0. The van der Waals surface area contributed by atoms with E-state index in [2.05, 4.69) is 9.72 Å². The van der Waals surface area contributed by atoms with Crippen LogP contribution in [0.4, 0.5) is 8.78 Å². The van der Waals surface area contributed by atoms with E-state index in [-0.39, 0.29) is 17.0 Å². The minimum absolute atomic E-state index is 0.000988. The highest BCUT2D eigenvalue weighted by molar-refractivity contribution is 6.17. The lowest BCUT2D eigenvalue weighted by atomic mass is 10.1. The van der Waals surface area contributed by atoms with E-state index >= 15 is 0 Å². The van der Waals surface area contributed by atoms with Crippen molar-refractivity contribution in [1.82, 2.24) is 4.98 Å². The molecule has 0 saturated heterocycles. The van der Waals surface area contributed by atoms with Gasteiger partial charge in [-0.1, -0.05) is 0 Å². The summed E-state index contributed by atoms with van der Waals surface area (Å²) in [4.78, 5) is 14.7. The van der Waals surface area contributed by atoms with Gasteiger partial charge in [0.25, 0.3) is 6.43 Å². The van der Waals surface area contributed by atoms with Gasteiger partial charge in [0, 0.05) is 5.88 Å². The lowest BCUT2D eigenvalue weighted by Crippen LogP contribution is -2.10. The molecule has 90 valence electrons. The molecule has 1 aromatic rings. The second-order valence-corrected chi connectivity index (χ2v) is 3.23. The molecule has 7 heteroatoms. The van der Waals surface area contributed by atoms with Gasteiger partial charge in [0.05, 0.1) is 12.7 Å². The maximum Gasteiger partial charge on any atom is 0.340 e. The standard InChI is InChI=1S/C10H7ClF2N2O2/c1-17-10(16)6-2-5(3-11)8(9(12)13)15-7(6)4-14/h2,9H,3H2,1H3. The van der Waals surface area contributed by atoms with Crippen molar-refractivity contribution in [2.75, 3.05) is 7.11 Å². The van der Waals surface area contributed by atoms with Gasteiger partial charge in [0.2, 0.25) is 0 Å². The summed E-state index contributed by atoms with van der Waals surface area (Å²) in [5.74, 6) is -1.05. The molecule has 0 bridgehead atoms. The van der Waals surface area contributed by atoms with Crippen molar-refractivity contribution in [1.29, 1.82) is 5.26 Å². The molecule has 0 N–H and O–H groups in total. The van der Waals surface area contributed by atoms with Crippen molar-refractivity contribution >= 4 is 17.6 Å². The van der Waals surface area contributed by atoms with E-state index in [9.17, 15) is 13.6 Å². The number of carbonyl (C=O) groups excluding carboxylic acids is 1. The molecule has 0 aliphatic carbocycles. The Hall–Kier alpha value is -1.74. The normalized spacial score (nSPS) is 10.1. The number of nitriles is 1. The molecule has 1 heterocycles. The minimum atomic E-state index is -2.86. The molecule has 0 atom stereocenters. The van der Waals surface area contributed by atoms with E-state index in [1.807, 2.05) is 0 Å². The Morgan fingerprint density at radius 2 is 2.35 bits per heavy atom. The molecule has 0 radical (unpaired) electrons. The van der Waals surface area contributed by atoms with E-state index < -0.39 is 23.8 Å². The zero-order valence-electron chi connectivity index (χ0n) is 8.71. The van der Waals surface area contributed by atoms with Gasteiger partial charge in [-0.05, 0) is 11.6 Å². The van der Waals surface area contributed by atoms with Crippen LogP contribution in [0.25, 0.3) is 0 Å². The van der Waals surface area contributed by atoms with Gasteiger partial charge < -0.3 is 4.74 Å². The molecule has 17 heavy (non-hydrogen) atoms. The quantitative estimate of drug-likeness (QED) is 0.618. The van der Waals surface area contributed by atoms with Crippen molar-refractivity contribution in [2.24, 2.45) is 0 Å². The highest BCUT2D eigenvalue weighted by atomic mass is 35.5. The number of hydrogen-bond acceptors (Lipinski definition) is 4. The molecule has 1 rings (SSSR count). The summed E-state index contributed by atoms with van der Waals surface area (Å²) >= 11 is 5.48. The third-order valence-corrected chi connectivity index (χ3v) is 2.28. The van der Waals surface area contributed by atoms with Crippen LogP contribution in [0.15, 0.2) is 6.07 Å². The fraction of sp³-hybridized carbons (Fsp3) is 0.300. The Bertz CT molecular complexity index is 486. The van der Waals surface area contributed by atoms with Gasteiger partial charge in [0.1, 0.15) is 11.8 Å². The molecular formula is C10H7ClF2N2O2. The fourth-order valence-corrected chi connectivity index (χ4v) is 1.43. The van der Waals surface area contributed by atoms with Crippen LogP contribution in [0.3, 0.4) is 0 Å². The summed E-state index contributed by atoms with van der Waals surface area (Å²) in [6.45, 7) is 0. The topological polar surface area (TPSA) is 63.0 Å². The average molecular weight is 261 g/mol. The molecule has 0 amide bonds. The smallest absolute Gasteiger partial charge is 0.340 e. The fourth-order valence-electron chi connectivity index (χ4n) is 1.22. The first kappa shape index (κ1) is 13.3. The number of pyridine rings is 1. The first-order chi connectivity index (χ1) is 8.04. The Morgan fingerprint density at radius 3 is 2.76 bits per heavy atom. The average Bonchev–Trinajstić information content (AvgIpc) is 2.35. The molecule has 0 saturated carbocycles. The Balaban J connectivity index is 3.44. The molecule has 0 fully saturated rings. The lowest BCUT2D eigenvalue weighted by molar-refractivity contribution is 0.0599. The van der Waals surface area contributed by atoms with Crippen molar-refractivity contribution in [2.45, 2.75) is 12.3 Å². The monoisotopic (exact) mass is 260 g/mol. The Kier molecular flexibility index (Phi) is 4.35. The highest BCUT2D eigenvalue weighted by Crippen LogP contribution is 2.24. The van der Waals surface area contributed by atoms with E-state index in [4.69, 9.17) is 16.9 Å². The van der Waals surface area contributed by atoms with Crippen LogP contribution in [-0.2, 0) is 10.6 Å². The Labute approximate surface area is 101 Å². The largest absolute Gasteiger partial charge is 0.465 e. The van der Waals surface area contributed by atoms with Crippen LogP contribution in [0, 0.1) is 11.3 Å². The summed E-state index contributed by atoms with van der Waals surface area (Å²) in [6.07, 6.45) is -2.86. The van der Waals surface area contributed by atoms with E-state index in [1.165, 1.54) is 0 Å². The second kappa shape index (κ2) is 5.55. The predicted octanol–water partition coefficient (Wildman–Crippen LogP) is 2.42. The van der Waals surface area contributed by atoms with Gasteiger partial charge in [-0.25, -0.2) is 18.6 Å². The maximum absolute atomic E-state index is 12.6. The van der Waals surface area contributed by atoms with Crippen molar-refractivity contribution in [3.05, 3.63) is 28.6 Å². The highest BCUT2D eigenvalue weighted by Gasteiger charge is 2.21. The van der Waals surface area contributed by atoms with Gasteiger partial charge in [0.15, 0.2) is 5.69 Å². The summed E-state index contributed by atoms with van der Waals surface area (Å²) in [5.41, 5.74) is -1.17. The van der Waals surface area contributed by atoms with E-state index in [1.54, 1.807) is 6.07 Å². The zero-order valence-corrected chi connectivity index (χ0v) is 9.46. The number of nitrogens with zero attached hydrogens (tertiary/aromatic N) is 2. The molecule has 0 aliphatic heterocycles. The number of rotatable bonds is 3. The number of esters is 1. The summed E-state index contributed by atoms with van der Waals surface area (Å²) < 4.78 is 29.6. The molecule has 0 aromatic carbocycles. The van der Waals surface area contributed by atoms with Crippen LogP contribution in [0.5, 0.6) is 0 Å². The van der Waals surface area contributed by atoms with Gasteiger partial charge in [-0.15, -0.1) is 11.6 Å². The predicted molar refractivity (Wildman–Crippen MR) is 54.8 cm³/mol. The molecule has 4 nitrogen and oxygen atoms in total. The molecule has 0 spiro atoms. The second-order valence-electron chi connectivity index (χ2n) is 2.97. The number of alkyl halides is 3. The van der Waals surface area contributed by atoms with Crippen LogP contribution in [-0.4, -0.2) is 18.1 Å². The minimum Gasteiger partial charge on any atom is -0.465 e. The van der Waals surface area contributed by atoms with Crippen LogP contribution in [0.2, 0.25) is 0 Å². The number of aromatic nitrogens is 1. The lowest BCUT2D eigenvalue weighted by Gasteiger charge is -2.08. The first-order valence-corrected chi connectivity index (χ1v) is 4.95. The Morgan fingerprint density at radius 1 is 1.71 bits per heavy atom. The molecule has 1 aromatic heterocycles. The number of hydrogen-bond donors (Lipinski definition) is 0. The van der Waals surface area contributed by atoms with Crippen LogP contribution in [0.1, 0.15) is 33.7 Å². The number of carbonyl (C=O) groups is 1.